The van der Waals surface area contributed by atoms with Crippen molar-refractivity contribution in [2.45, 2.75) is 0 Å². The predicted molar refractivity (Wildman–Crippen MR) is 75.7 cm³/mol. The summed E-state index contributed by atoms with van der Waals surface area (Å²) in [5.74, 6) is 0.840. The topological polar surface area (TPSA) is 53.6 Å². The standard InChI is InChI=1S/C13H9NO.CH3.Al.H2O.Zn/c15-11-5-1-3-9-6-7-10-4-2-8-14-13(10)12(9)11;;;;/h1-8,15H;1H3;;1H2;/q;-1;+1;;/p-1. The van der Waals surface area contributed by atoms with Crippen LogP contribution >= 0.6 is 0 Å². The minimum absolute atomic E-state index is 0. The Morgan fingerprint density at radius 2 is 1.63 bits per heavy atom. The number of rotatable bonds is 1. The molecule has 2 aromatic carbocycles. The van der Waals surface area contributed by atoms with Gasteiger partial charge in [0, 0.05) is 36.4 Å². The van der Waals surface area contributed by atoms with E-state index in [4.69, 9.17) is 3.79 Å². The van der Waals surface area contributed by atoms with Crippen molar-refractivity contribution in [3.05, 3.63) is 56.1 Å². The van der Waals surface area contributed by atoms with E-state index in [0.29, 0.717) is 0 Å². The Hall–Kier alpha value is -0.974. The van der Waals surface area contributed by atoms with Crippen LogP contribution in [0.4, 0.5) is 0 Å². The second kappa shape index (κ2) is 7.58. The van der Waals surface area contributed by atoms with Gasteiger partial charge in [-0.15, -0.1) is 0 Å². The Kier molecular flexibility index (Phi) is 7.19. The molecule has 5 heteroatoms. The molecule has 0 unspecified atom stereocenters. The molecular weight excluding hydrogens is 307 g/mol. The molecule has 0 atom stereocenters. The third kappa shape index (κ3) is 3.13. The first-order valence-corrected chi connectivity index (χ1v) is 5.50. The molecular formula is C14H13AlNO2Zn-. The third-order valence-electron chi connectivity index (χ3n) is 2.70. The molecule has 0 saturated carbocycles. The van der Waals surface area contributed by atoms with E-state index in [1.54, 1.807) is 6.20 Å². The zero-order valence-electron chi connectivity index (χ0n) is 10.8. The normalized spacial score (nSPS) is 9.05. The van der Waals surface area contributed by atoms with Gasteiger partial charge in [0.2, 0.25) is 0 Å². The molecule has 3 aromatic rings. The fourth-order valence-electron chi connectivity index (χ4n) is 1.98. The maximum Gasteiger partial charge on any atom is 0.482 e. The summed E-state index contributed by atoms with van der Waals surface area (Å²) in [7, 11) is 0. The minimum atomic E-state index is 0. The van der Waals surface area contributed by atoms with Gasteiger partial charge in [0.25, 0.3) is 0 Å². The van der Waals surface area contributed by atoms with Crippen LogP contribution in [0.3, 0.4) is 0 Å². The molecule has 3 nitrogen and oxygen atoms in total. The number of pyridine rings is 1. The number of benzene rings is 2. The van der Waals surface area contributed by atoms with Crippen LogP contribution < -0.4 is 3.79 Å². The van der Waals surface area contributed by atoms with Crippen molar-refractivity contribution in [1.29, 1.82) is 0 Å². The molecule has 0 aliphatic carbocycles. The number of fused-ring (bicyclic) bond motifs is 3. The van der Waals surface area contributed by atoms with Crippen LogP contribution in [-0.2, 0) is 19.5 Å². The first kappa shape index (κ1) is 18.0. The smallest absolute Gasteiger partial charge is 0.482 e. The fourth-order valence-corrected chi connectivity index (χ4v) is 2.18. The molecule has 92 valence electrons. The average Bonchev–Trinajstić information content (AvgIpc) is 2.37. The molecule has 0 spiro atoms. The maximum absolute atomic E-state index is 5.31. The summed E-state index contributed by atoms with van der Waals surface area (Å²) in [6.07, 6.45) is 1.81. The summed E-state index contributed by atoms with van der Waals surface area (Å²) >= 11 is 2.29. The van der Waals surface area contributed by atoms with Crippen molar-refractivity contribution in [3.63, 3.8) is 0 Å². The number of aromatic nitrogens is 1. The molecule has 3 rings (SSSR count). The van der Waals surface area contributed by atoms with E-state index in [1.165, 1.54) is 0 Å². The second-order valence-electron chi connectivity index (χ2n) is 3.61. The second-order valence-corrected chi connectivity index (χ2v) is 3.85. The van der Waals surface area contributed by atoms with Gasteiger partial charge in [0.05, 0.1) is 11.3 Å². The van der Waals surface area contributed by atoms with Crippen molar-refractivity contribution < 1.29 is 28.7 Å². The molecule has 0 saturated heterocycles. The number of nitrogens with zero attached hydrogens (tertiary/aromatic N) is 1. The van der Waals surface area contributed by atoms with Gasteiger partial charge in [-0.1, -0.05) is 30.3 Å². The van der Waals surface area contributed by atoms with Gasteiger partial charge < -0.3 is 16.7 Å². The summed E-state index contributed by atoms with van der Waals surface area (Å²) in [6, 6.07) is 14.2. The van der Waals surface area contributed by atoms with Gasteiger partial charge in [-0.2, -0.15) is 0 Å². The maximum atomic E-state index is 5.31. The van der Waals surface area contributed by atoms with E-state index < -0.39 is 0 Å². The first-order chi connectivity index (χ1) is 7.90. The van der Waals surface area contributed by atoms with E-state index in [9.17, 15) is 0 Å². The monoisotopic (exact) mass is 318 g/mol. The zero-order valence-corrected chi connectivity index (χ0v) is 14.9. The Balaban J connectivity index is 0.00000108. The fraction of sp³-hybridized carbons (Fsp3) is 0. The van der Waals surface area contributed by atoms with Crippen LogP contribution in [0.25, 0.3) is 21.7 Å². The third-order valence-corrected chi connectivity index (χ3v) is 2.96. The Bertz CT molecular complexity index is 676. The van der Waals surface area contributed by atoms with Crippen molar-refractivity contribution in [2.75, 3.05) is 0 Å². The van der Waals surface area contributed by atoms with Gasteiger partial charge in [-0.3, -0.25) is 4.98 Å². The van der Waals surface area contributed by atoms with Gasteiger partial charge in [-0.25, -0.2) is 0 Å². The van der Waals surface area contributed by atoms with Gasteiger partial charge in [0.1, 0.15) is 0 Å². The Labute approximate surface area is 133 Å². The van der Waals surface area contributed by atoms with E-state index in [1.807, 2.05) is 18.2 Å². The van der Waals surface area contributed by atoms with Crippen LogP contribution in [0.2, 0.25) is 0 Å². The van der Waals surface area contributed by atoms with Gasteiger partial charge in [0.15, 0.2) is 0 Å². The van der Waals surface area contributed by atoms with Crippen LogP contribution in [0, 0.1) is 7.43 Å². The molecule has 0 bridgehead atoms. The van der Waals surface area contributed by atoms with Crippen molar-refractivity contribution in [2.24, 2.45) is 0 Å². The largest absolute Gasteiger partial charge is 0.653 e. The van der Waals surface area contributed by atoms with Crippen molar-refractivity contribution in [1.82, 2.24) is 4.98 Å². The van der Waals surface area contributed by atoms with Crippen LogP contribution in [0.1, 0.15) is 0 Å². The minimum Gasteiger partial charge on any atom is -0.653 e. The molecule has 0 aliphatic rings. The summed E-state index contributed by atoms with van der Waals surface area (Å²) in [6.45, 7) is 0. The van der Waals surface area contributed by atoms with Crippen molar-refractivity contribution in [3.8, 4) is 5.75 Å². The summed E-state index contributed by atoms with van der Waals surface area (Å²) in [5.41, 5.74) is 0.984. The average molecular weight is 320 g/mol. The first-order valence-electron chi connectivity index (χ1n) is 5.03. The molecule has 19 heavy (non-hydrogen) atoms. The van der Waals surface area contributed by atoms with Gasteiger partial charge >= 0.3 is 16.6 Å². The summed E-state index contributed by atoms with van der Waals surface area (Å²) in [5, 5.41) is 3.34. The Morgan fingerprint density at radius 3 is 2.37 bits per heavy atom. The van der Waals surface area contributed by atoms with E-state index in [-0.39, 0.29) is 32.4 Å². The van der Waals surface area contributed by atoms with E-state index >= 15 is 0 Å². The SMILES string of the molecule is O.[Al][O]c1cccc2ccc3cccnc3c12.[CH3-].[Zn]. The molecule has 0 amide bonds. The van der Waals surface area contributed by atoms with Crippen LogP contribution in [0.15, 0.2) is 48.7 Å². The molecule has 2 radical (unpaired) electrons. The van der Waals surface area contributed by atoms with Gasteiger partial charge in [-0.05, 0) is 17.5 Å². The van der Waals surface area contributed by atoms with E-state index in [0.717, 1.165) is 27.4 Å². The molecule has 0 fully saturated rings. The van der Waals surface area contributed by atoms with Crippen LogP contribution in [0.5, 0.6) is 5.75 Å². The van der Waals surface area contributed by atoms with Crippen LogP contribution in [-0.4, -0.2) is 27.1 Å². The number of hydrogen-bond donors (Lipinski definition) is 0. The number of hydrogen-bond acceptors (Lipinski definition) is 2. The molecule has 1 aromatic heterocycles. The van der Waals surface area contributed by atoms with Crippen molar-refractivity contribution >= 4 is 38.3 Å². The molecule has 0 aliphatic heterocycles. The summed E-state index contributed by atoms with van der Waals surface area (Å²) in [4.78, 5) is 4.43. The molecule has 2 N–H and O–H groups in total. The Morgan fingerprint density at radius 1 is 0.947 bits per heavy atom. The quantitative estimate of drug-likeness (QED) is 0.393. The summed E-state index contributed by atoms with van der Waals surface area (Å²) < 4.78 is 5.31. The predicted octanol–water partition coefficient (Wildman–Crippen LogP) is 2.47. The zero-order chi connectivity index (χ0) is 11.0. The molecule has 1 heterocycles. The van der Waals surface area contributed by atoms with E-state index in [2.05, 4.69) is 45.9 Å².